The van der Waals surface area contributed by atoms with Gasteiger partial charge in [-0.25, -0.2) is 4.98 Å². The van der Waals surface area contributed by atoms with Crippen LogP contribution in [0.1, 0.15) is 10.4 Å². The Morgan fingerprint density at radius 3 is 2.65 bits per heavy atom. The molecule has 0 saturated carbocycles. The number of nitrogens with one attached hydrogen (secondary N) is 1. The molecule has 0 bridgehead atoms. The highest BCUT2D eigenvalue weighted by Gasteiger charge is 2.16. The van der Waals surface area contributed by atoms with Gasteiger partial charge >= 0.3 is 5.69 Å². The number of hydrogen-bond donors (Lipinski definition) is 3. The van der Waals surface area contributed by atoms with E-state index in [1.54, 1.807) is 0 Å². The van der Waals surface area contributed by atoms with Gasteiger partial charge in [0, 0.05) is 28.1 Å². The Balaban J connectivity index is 1.80. The molecule has 1 aromatic heterocycles. The average Bonchev–Trinajstić information content (AvgIpc) is 2.98. The average molecular weight is 370 g/mol. The SMILES string of the molecule is Cc1sc(N/N=C/c2cc([N+](=O)[O-])c(O)cc2O)nc1-c1ccccc1. The predicted octanol–water partition coefficient (Wildman–Crippen LogP) is 3.88. The van der Waals surface area contributed by atoms with Gasteiger partial charge in [0.1, 0.15) is 5.75 Å². The van der Waals surface area contributed by atoms with Crippen molar-refractivity contribution in [2.75, 3.05) is 5.43 Å². The molecule has 26 heavy (non-hydrogen) atoms. The van der Waals surface area contributed by atoms with Gasteiger partial charge in [-0.2, -0.15) is 5.10 Å². The molecule has 8 nitrogen and oxygen atoms in total. The molecule has 9 heteroatoms. The summed E-state index contributed by atoms with van der Waals surface area (Å²) in [6.07, 6.45) is 1.22. The van der Waals surface area contributed by atoms with Crippen LogP contribution in [0.25, 0.3) is 11.3 Å². The number of nitro benzene ring substituents is 1. The van der Waals surface area contributed by atoms with Gasteiger partial charge in [-0.1, -0.05) is 30.3 Å². The van der Waals surface area contributed by atoms with Crippen LogP contribution in [0.5, 0.6) is 11.5 Å². The van der Waals surface area contributed by atoms with Crippen molar-refractivity contribution in [3.63, 3.8) is 0 Å². The van der Waals surface area contributed by atoms with Crippen LogP contribution >= 0.6 is 11.3 Å². The van der Waals surface area contributed by atoms with E-state index in [1.165, 1.54) is 17.6 Å². The smallest absolute Gasteiger partial charge is 0.311 e. The first-order chi connectivity index (χ1) is 12.5. The zero-order chi connectivity index (χ0) is 18.7. The summed E-state index contributed by atoms with van der Waals surface area (Å²) in [7, 11) is 0. The van der Waals surface area contributed by atoms with E-state index < -0.39 is 16.4 Å². The maximum atomic E-state index is 10.9. The Kier molecular flexibility index (Phi) is 4.81. The van der Waals surface area contributed by atoms with E-state index in [4.69, 9.17) is 0 Å². The Bertz CT molecular complexity index is 986. The molecule has 3 rings (SSSR count). The lowest BCUT2D eigenvalue weighted by atomic mass is 10.1. The first kappa shape index (κ1) is 17.4. The maximum absolute atomic E-state index is 10.9. The lowest BCUT2D eigenvalue weighted by Crippen LogP contribution is -1.94. The Morgan fingerprint density at radius 2 is 1.96 bits per heavy atom. The third kappa shape index (κ3) is 3.62. The first-order valence-electron chi connectivity index (χ1n) is 7.48. The molecule has 0 unspecified atom stereocenters. The van der Waals surface area contributed by atoms with Gasteiger partial charge in [-0.05, 0) is 6.92 Å². The third-order valence-corrected chi connectivity index (χ3v) is 4.40. The number of nitrogens with zero attached hydrogens (tertiary/aromatic N) is 3. The third-order valence-electron chi connectivity index (χ3n) is 3.53. The van der Waals surface area contributed by atoms with Gasteiger partial charge in [0.15, 0.2) is 5.75 Å². The summed E-state index contributed by atoms with van der Waals surface area (Å²) in [6, 6.07) is 11.7. The molecule has 0 aliphatic heterocycles. The van der Waals surface area contributed by atoms with E-state index in [0.29, 0.717) is 5.13 Å². The number of rotatable bonds is 5. The number of hydrogen-bond acceptors (Lipinski definition) is 8. The number of hydrazone groups is 1. The second-order valence-corrected chi connectivity index (χ2v) is 6.52. The van der Waals surface area contributed by atoms with Crippen molar-refractivity contribution in [3.8, 4) is 22.8 Å². The lowest BCUT2D eigenvalue weighted by molar-refractivity contribution is -0.385. The van der Waals surface area contributed by atoms with Gasteiger partial charge < -0.3 is 10.2 Å². The van der Waals surface area contributed by atoms with Crippen LogP contribution < -0.4 is 5.43 Å². The molecule has 0 saturated heterocycles. The fourth-order valence-electron chi connectivity index (χ4n) is 2.30. The number of nitro groups is 1. The first-order valence-corrected chi connectivity index (χ1v) is 8.29. The van der Waals surface area contributed by atoms with Gasteiger partial charge in [-0.15, -0.1) is 11.3 Å². The van der Waals surface area contributed by atoms with Crippen molar-refractivity contribution in [3.05, 3.63) is 63.0 Å². The highest BCUT2D eigenvalue weighted by atomic mass is 32.1. The van der Waals surface area contributed by atoms with Crippen LogP contribution in [-0.4, -0.2) is 26.3 Å². The quantitative estimate of drug-likeness (QED) is 0.356. The number of aromatic nitrogens is 1. The molecule has 0 radical (unpaired) electrons. The minimum Gasteiger partial charge on any atom is -0.507 e. The summed E-state index contributed by atoms with van der Waals surface area (Å²) in [6.45, 7) is 1.95. The fourth-order valence-corrected chi connectivity index (χ4v) is 3.08. The second kappa shape index (κ2) is 7.19. The Hall–Kier alpha value is -3.46. The monoisotopic (exact) mass is 370 g/mol. The number of aromatic hydroxyl groups is 2. The van der Waals surface area contributed by atoms with Crippen molar-refractivity contribution in [2.45, 2.75) is 6.92 Å². The summed E-state index contributed by atoms with van der Waals surface area (Å²) in [5.74, 6) is -0.931. The van der Waals surface area contributed by atoms with E-state index in [1.807, 2.05) is 37.3 Å². The summed E-state index contributed by atoms with van der Waals surface area (Å²) < 4.78 is 0. The fraction of sp³-hybridized carbons (Fsp3) is 0.0588. The van der Waals surface area contributed by atoms with E-state index in [0.717, 1.165) is 28.3 Å². The standard InChI is InChI=1S/C17H14N4O4S/c1-10-16(11-5-3-2-4-6-11)19-17(26-10)20-18-9-12-7-13(21(24)25)15(23)8-14(12)22/h2-9,22-23H,1H3,(H,19,20)/b18-9+. The van der Waals surface area contributed by atoms with Crippen molar-refractivity contribution in [1.29, 1.82) is 0 Å². The van der Waals surface area contributed by atoms with Crippen LogP contribution in [0.15, 0.2) is 47.6 Å². The van der Waals surface area contributed by atoms with E-state index in [9.17, 15) is 20.3 Å². The van der Waals surface area contributed by atoms with Crippen LogP contribution in [0, 0.1) is 17.0 Å². The number of phenols is 2. The molecule has 3 N–H and O–H groups in total. The van der Waals surface area contributed by atoms with Crippen LogP contribution in [0.3, 0.4) is 0 Å². The normalized spacial score (nSPS) is 11.0. The zero-order valence-corrected chi connectivity index (χ0v) is 14.4. The molecule has 0 atom stereocenters. The van der Waals surface area contributed by atoms with E-state index in [2.05, 4.69) is 15.5 Å². The van der Waals surface area contributed by atoms with Gasteiger partial charge in [0.25, 0.3) is 0 Å². The molecule has 2 aromatic carbocycles. The number of anilines is 1. The molecule has 0 amide bonds. The number of benzene rings is 2. The largest absolute Gasteiger partial charge is 0.507 e. The van der Waals surface area contributed by atoms with Crippen molar-refractivity contribution < 1.29 is 15.1 Å². The lowest BCUT2D eigenvalue weighted by Gasteiger charge is -2.01. The van der Waals surface area contributed by atoms with Crippen molar-refractivity contribution >= 4 is 28.4 Å². The van der Waals surface area contributed by atoms with Gasteiger partial charge in [0.05, 0.1) is 16.8 Å². The van der Waals surface area contributed by atoms with Crippen molar-refractivity contribution in [1.82, 2.24) is 4.98 Å². The molecule has 3 aromatic rings. The minimum absolute atomic E-state index is 0.0959. The molecule has 0 fully saturated rings. The molecule has 0 aliphatic carbocycles. The summed E-state index contributed by atoms with van der Waals surface area (Å²) in [4.78, 5) is 15.6. The number of thiazole rings is 1. The molecule has 132 valence electrons. The van der Waals surface area contributed by atoms with Gasteiger partial charge in [-0.3, -0.25) is 15.5 Å². The molecular weight excluding hydrogens is 356 g/mol. The molecule has 1 heterocycles. The van der Waals surface area contributed by atoms with E-state index >= 15 is 0 Å². The van der Waals surface area contributed by atoms with Crippen LogP contribution in [0.2, 0.25) is 0 Å². The molecule has 0 spiro atoms. The highest BCUT2D eigenvalue weighted by Crippen LogP contribution is 2.32. The maximum Gasteiger partial charge on any atom is 0.311 e. The Morgan fingerprint density at radius 1 is 1.23 bits per heavy atom. The minimum atomic E-state index is -0.740. The van der Waals surface area contributed by atoms with Gasteiger partial charge in [0.2, 0.25) is 5.13 Å². The summed E-state index contributed by atoms with van der Waals surface area (Å²) >= 11 is 1.41. The molecule has 0 aliphatic rings. The van der Waals surface area contributed by atoms with Crippen molar-refractivity contribution in [2.24, 2.45) is 5.10 Å². The van der Waals surface area contributed by atoms with Crippen LogP contribution in [-0.2, 0) is 0 Å². The Labute approximate surface area is 152 Å². The summed E-state index contributed by atoms with van der Waals surface area (Å²) in [5, 5.41) is 34.6. The summed E-state index contributed by atoms with van der Waals surface area (Å²) in [5.41, 5.74) is 4.17. The predicted molar refractivity (Wildman–Crippen MR) is 99.9 cm³/mol. The zero-order valence-electron chi connectivity index (χ0n) is 13.6. The second-order valence-electron chi connectivity index (χ2n) is 5.32. The molecular formula is C17H14N4O4S. The number of aryl methyl sites for hydroxylation is 1. The highest BCUT2D eigenvalue weighted by molar-refractivity contribution is 7.15. The van der Waals surface area contributed by atoms with Crippen LogP contribution in [0.4, 0.5) is 10.8 Å². The number of phenolic OH excluding ortho intramolecular Hbond substituents is 2. The van der Waals surface area contributed by atoms with E-state index in [-0.39, 0.29) is 11.3 Å². The topological polar surface area (TPSA) is 121 Å².